The third-order valence-corrected chi connectivity index (χ3v) is 0.733. The summed E-state index contributed by atoms with van der Waals surface area (Å²) in [5.74, 6) is -2.26. The van der Waals surface area contributed by atoms with E-state index < -0.39 is 12.0 Å². The summed E-state index contributed by atoms with van der Waals surface area (Å²) in [6, 6.07) is 0. The van der Waals surface area contributed by atoms with Gasteiger partial charge in [-0.15, -0.1) is 0 Å². The Kier molecular flexibility index (Phi) is 4.64. The van der Waals surface area contributed by atoms with Gasteiger partial charge in [0.15, 0.2) is 5.83 Å². The molecule has 0 aromatic carbocycles. The van der Waals surface area contributed by atoms with E-state index in [2.05, 4.69) is 9.47 Å². The van der Waals surface area contributed by atoms with E-state index in [0.717, 1.165) is 0 Å². The highest BCUT2D eigenvalue weighted by atomic mass is 19.4. The van der Waals surface area contributed by atoms with Crippen LogP contribution in [0.5, 0.6) is 0 Å². The minimum absolute atomic E-state index is 1.46. The zero-order chi connectivity index (χ0) is 10.3. The highest BCUT2D eigenvalue weighted by molar-refractivity contribution is 4.88. The first-order valence-corrected chi connectivity index (χ1v) is 2.97. The summed E-state index contributed by atoms with van der Waals surface area (Å²) in [4.78, 5) is 0. The van der Waals surface area contributed by atoms with Crippen molar-refractivity contribution in [3.8, 4) is 0 Å². The normalized spacial score (nSPS) is 13.5. The minimum atomic E-state index is -4.86. The summed E-state index contributed by atoms with van der Waals surface area (Å²) in [6.07, 6.45) is 0.972. The molecule has 13 heavy (non-hydrogen) atoms. The summed E-state index contributed by atoms with van der Waals surface area (Å²) in [7, 11) is 0. The molecule has 0 saturated heterocycles. The lowest BCUT2D eigenvalue weighted by atomic mass is 10.6. The third-order valence-electron chi connectivity index (χ3n) is 0.733. The monoisotopic (exact) mass is 198 g/mol. The van der Waals surface area contributed by atoms with Crippen LogP contribution in [-0.2, 0) is 9.47 Å². The lowest BCUT2D eigenvalue weighted by molar-refractivity contribution is -0.108. The molecule has 0 aliphatic carbocycles. The summed E-state index contributed by atoms with van der Waals surface area (Å²) in [6.45, 7) is 2.03. The Morgan fingerprint density at radius 3 is 1.31 bits per heavy atom. The van der Waals surface area contributed by atoms with E-state index in [9.17, 15) is 17.6 Å². The molecule has 6 heteroatoms. The second-order valence-electron chi connectivity index (χ2n) is 1.72. The van der Waals surface area contributed by atoms with Crippen LogP contribution >= 0.6 is 0 Å². The molecular formula is C7H6F4O2. The van der Waals surface area contributed by atoms with Gasteiger partial charge in [0.1, 0.15) is 25.0 Å². The van der Waals surface area contributed by atoms with Crippen LogP contribution in [0.15, 0.2) is 37.5 Å². The molecular weight excluding hydrogens is 192 g/mol. The fraction of sp³-hybridized carbons (Fsp3) is 0.143. The van der Waals surface area contributed by atoms with Crippen LogP contribution in [0.4, 0.5) is 17.6 Å². The van der Waals surface area contributed by atoms with E-state index in [1.54, 1.807) is 0 Å². The van der Waals surface area contributed by atoms with Crippen molar-refractivity contribution in [1.29, 1.82) is 0 Å². The van der Waals surface area contributed by atoms with Crippen LogP contribution in [0.25, 0.3) is 0 Å². The van der Waals surface area contributed by atoms with Crippen LogP contribution in [0, 0.1) is 0 Å². The number of allylic oxidation sites excluding steroid dienone is 1. The molecule has 0 amide bonds. The molecule has 0 saturated carbocycles. The van der Waals surface area contributed by atoms with Gasteiger partial charge in [-0.25, -0.2) is 4.39 Å². The maximum Gasteiger partial charge on any atom is 0.442 e. The summed E-state index contributed by atoms with van der Waals surface area (Å²) < 4.78 is 52.2. The smallest absolute Gasteiger partial charge is 0.442 e. The van der Waals surface area contributed by atoms with Gasteiger partial charge in [0, 0.05) is 0 Å². The van der Waals surface area contributed by atoms with Gasteiger partial charge in [-0.2, -0.15) is 13.2 Å². The Labute approximate surface area is 71.7 Å². The maximum absolute atomic E-state index is 10.9. The lowest BCUT2D eigenvalue weighted by Gasteiger charge is -1.97. The second-order valence-corrected chi connectivity index (χ2v) is 1.72. The first-order valence-electron chi connectivity index (χ1n) is 2.97. The highest BCUT2D eigenvalue weighted by Gasteiger charge is 2.32. The molecule has 0 unspecified atom stereocenters. The summed E-state index contributed by atoms with van der Waals surface area (Å²) in [5, 5.41) is 0. The van der Waals surface area contributed by atoms with Gasteiger partial charge in [0.2, 0.25) is 0 Å². The Balaban J connectivity index is 0.000000223. The zero-order valence-electron chi connectivity index (χ0n) is 6.34. The molecule has 0 fully saturated rings. The van der Waals surface area contributed by atoms with Crippen molar-refractivity contribution in [1.82, 2.24) is 0 Å². The molecule has 1 rings (SSSR count). The van der Waals surface area contributed by atoms with Gasteiger partial charge >= 0.3 is 6.18 Å². The van der Waals surface area contributed by atoms with Crippen LogP contribution < -0.4 is 0 Å². The Bertz CT molecular complexity index is 197. The fourth-order valence-corrected chi connectivity index (χ4v) is 0.219. The molecule has 1 heterocycles. The van der Waals surface area contributed by atoms with E-state index >= 15 is 0 Å². The topological polar surface area (TPSA) is 18.5 Å². The van der Waals surface area contributed by atoms with E-state index in [4.69, 9.17) is 0 Å². The van der Waals surface area contributed by atoms with Crippen molar-refractivity contribution >= 4 is 0 Å². The van der Waals surface area contributed by atoms with Gasteiger partial charge in [0.25, 0.3) is 0 Å². The standard InChI is InChI=1S/C4H4O2.C3H2F4/c1-2-6-4-3-5-1;1-2(4)3(5,6)7/h1-4H;1H2. The lowest BCUT2D eigenvalue weighted by Crippen LogP contribution is -2.05. The number of rotatable bonds is 0. The number of halogens is 4. The number of hydrogen-bond acceptors (Lipinski definition) is 2. The maximum atomic E-state index is 10.9. The SMILES string of the molecule is C1=COC=CO1.C=C(F)C(F)(F)F. The molecule has 0 bridgehead atoms. The van der Waals surface area contributed by atoms with Crippen molar-refractivity contribution in [2.24, 2.45) is 0 Å². The summed E-state index contributed by atoms with van der Waals surface area (Å²) in [5.41, 5.74) is 0. The first kappa shape index (κ1) is 11.5. The van der Waals surface area contributed by atoms with Crippen molar-refractivity contribution in [3.05, 3.63) is 37.5 Å². The van der Waals surface area contributed by atoms with E-state index in [1.165, 1.54) is 25.0 Å². The van der Waals surface area contributed by atoms with Crippen LogP contribution in [0.1, 0.15) is 0 Å². The average Bonchev–Trinajstić information content (AvgIpc) is 2.07. The number of alkyl halides is 3. The Morgan fingerprint density at radius 2 is 1.23 bits per heavy atom. The predicted molar refractivity (Wildman–Crippen MR) is 36.8 cm³/mol. The van der Waals surface area contributed by atoms with Crippen LogP contribution in [-0.4, -0.2) is 6.18 Å². The molecule has 0 aromatic heterocycles. The average molecular weight is 198 g/mol. The predicted octanol–water partition coefficient (Wildman–Crippen LogP) is 3.01. The minimum Gasteiger partial charge on any atom is -0.466 e. The number of ether oxygens (including phenoxy) is 2. The molecule has 0 N–H and O–H groups in total. The van der Waals surface area contributed by atoms with E-state index in [0.29, 0.717) is 0 Å². The van der Waals surface area contributed by atoms with Gasteiger partial charge in [-0.3, -0.25) is 0 Å². The van der Waals surface area contributed by atoms with Gasteiger partial charge < -0.3 is 9.47 Å². The van der Waals surface area contributed by atoms with Gasteiger partial charge in [0.05, 0.1) is 0 Å². The fourth-order valence-electron chi connectivity index (χ4n) is 0.219. The van der Waals surface area contributed by atoms with Gasteiger partial charge in [-0.05, 0) is 0 Å². The van der Waals surface area contributed by atoms with Crippen molar-refractivity contribution in [2.75, 3.05) is 0 Å². The van der Waals surface area contributed by atoms with Crippen molar-refractivity contribution < 1.29 is 27.0 Å². The van der Waals surface area contributed by atoms with Crippen molar-refractivity contribution in [3.63, 3.8) is 0 Å². The quantitative estimate of drug-likeness (QED) is 0.557. The number of hydrogen-bond donors (Lipinski definition) is 0. The molecule has 0 aromatic rings. The largest absolute Gasteiger partial charge is 0.466 e. The van der Waals surface area contributed by atoms with Gasteiger partial charge in [-0.1, -0.05) is 6.58 Å². The molecule has 1 aliphatic rings. The zero-order valence-corrected chi connectivity index (χ0v) is 6.34. The third kappa shape index (κ3) is 6.92. The highest BCUT2D eigenvalue weighted by Crippen LogP contribution is 2.23. The van der Waals surface area contributed by atoms with Crippen LogP contribution in [0.3, 0.4) is 0 Å². The Hall–Kier alpha value is -1.46. The molecule has 0 radical (unpaired) electrons. The molecule has 0 spiro atoms. The first-order chi connectivity index (χ1) is 5.94. The Morgan fingerprint density at radius 1 is 1.00 bits per heavy atom. The van der Waals surface area contributed by atoms with E-state index in [1.807, 2.05) is 6.58 Å². The van der Waals surface area contributed by atoms with Crippen molar-refractivity contribution in [2.45, 2.75) is 6.18 Å². The molecule has 2 nitrogen and oxygen atoms in total. The summed E-state index contributed by atoms with van der Waals surface area (Å²) >= 11 is 0. The van der Waals surface area contributed by atoms with Crippen LogP contribution in [0.2, 0.25) is 0 Å². The molecule has 1 aliphatic heterocycles. The van der Waals surface area contributed by atoms with E-state index in [-0.39, 0.29) is 0 Å². The second kappa shape index (κ2) is 5.23. The molecule has 0 atom stereocenters. The molecule has 74 valence electrons.